The van der Waals surface area contributed by atoms with Crippen molar-refractivity contribution in [1.82, 2.24) is 4.90 Å². The fraction of sp³-hybridized carbons (Fsp3) is 0.571. The van der Waals surface area contributed by atoms with Gasteiger partial charge in [-0.1, -0.05) is 36.8 Å². The molecule has 0 spiro atoms. The number of rotatable bonds is 2. The van der Waals surface area contributed by atoms with Gasteiger partial charge in [-0.3, -0.25) is 0 Å². The minimum absolute atomic E-state index is 0.799. The first kappa shape index (κ1) is 10.7. The molecule has 0 saturated carbocycles. The number of hydrogen-bond donors (Lipinski definition) is 0. The molecule has 1 heteroatoms. The van der Waals surface area contributed by atoms with Crippen LogP contribution in [0.5, 0.6) is 0 Å². The first-order valence-electron chi connectivity index (χ1n) is 6.08. The van der Waals surface area contributed by atoms with Crippen LogP contribution in [0, 0.1) is 6.92 Å². The van der Waals surface area contributed by atoms with Crippen molar-refractivity contribution < 1.29 is 0 Å². The quantitative estimate of drug-likeness (QED) is 0.713. The van der Waals surface area contributed by atoms with Crippen LogP contribution in [0.25, 0.3) is 0 Å². The van der Waals surface area contributed by atoms with E-state index in [0.717, 1.165) is 5.92 Å². The molecular weight excluding hydrogens is 182 g/mol. The number of piperidine rings is 1. The van der Waals surface area contributed by atoms with Gasteiger partial charge >= 0.3 is 0 Å². The largest absolute Gasteiger partial charge is 0.304 e. The summed E-state index contributed by atoms with van der Waals surface area (Å²) in [6, 6.07) is 9.09. The van der Waals surface area contributed by atoms with Gasteiger partial charge in [0.05, 0.1) is 0 Å². The smallest absolute Gasteiger partial charge is 0.00130 e. The maximum Gasteiger partial charge on any atom is -0.00130 e. The van der Waals surface area contributed by atoms with Crippen LogP contribution in [0.3, 0.4) is 0 Å². The van der Waals surface area contributed by atoms with Gasteiger partial charge in [0.1, 0.15) is 0 Å². The van der Waals surface area contributed by atoms with E-state index in [0.29, 0.717) is 0 Å². The first-order chi connectivity index (χ1) is 7.29. The first-order valence-corrected chi connectivity index (χ1v) is 6.08. The van der Waals surface area contributed by atoms with Crippen LogP contribution in [-0.4, -0.2) is 24.5 Å². The highest BCUT2D eigenvalue weighted by atomic mass is 15.1. The van der Waals surface area contributed by atoms with Crippen molar-refractivity contribution in [3.63, 3.8) is 0 Å². The SMILES string of the molecule is CCN1CCC(c2ccc(C)cc2)CC1. The van der Waals surface area contributed by atoms with Gasteiger partial charge in [-0.15, -0.1) is 0 Å². The average Bonchev–Trinajstić information content (AvgIpc) is 2.30. The third-order valence-corrected chi connectivity index (χ3v) is 3.58. The lowest BCUT2D eigenvalue weighted by atomic mass is 9.89. The molecule has 1 nitrogen and oxygen atoms in total. The van der Waals surface area contributed by atoms with Crippen molar-refractivity contribution in [3.05, 3.63) is 35.4 Å². The Balaban J connectivity index is 1.98. The lowest BCUT2D eigenvalue weighted by molar-refractivity contribution is 0.222. The van der Waals surface area contributed by atoms with Crippen LogP contribution in [0.4, 0.5) is 0 Å². The minimum Gasteiger partial charge on any atom is -0.304 e. The van der Waals surface area contributed by atoms with Crippen molar-refractivity contribution in [3.8, 4) is 0 Å². The summed E-state index contributed by atoms with van der Waals surface area (Å²) in [4.78, 5) is 2.55. The second kappa shape index (κ2) is 4.80. The lowest BCUT2D eigenvalue weighted by Crippen LogP contribution is -2.32. The highest BCUT2D eigenvalue weighted by Crippen LogP contribution is 2.27. The Kier molecular flexibility index (Phi) is 3.42. The van der Waals surface area contributed by atoms with Crippen LogP contribution >= 0.6 is 0 Å². The fourth-order valence-electron chi connectivity index (χ4n) is 2.42. The van der Waals surface area contributed by atoms with E-state index in [-0.39, 0.29) is 0 Å². The zero-order chi connectivity index (χ0) is 10.7. The number of hydrogen-bond acceptors (Lipinski definition) is 1. The van der Waals surface area contributed by atoms with E-state index in [1.807, 2.05) is 0 Å². The van der Waals surface area contributed by atoms with Crippen LogP contribution in [0.1, 0.15) is 36.8 Å². The van der Waals surface area contributed by atoms with Crippen LogP contribution in [0.2, 0.25) is 0 Å². The summed E-state index contributed by atoms with van der Waals surface area (Å²) in [5, 5.41) is 0. The molecule has 1 aliphatic heterocycles. The molecule has 0 atom stereocenters. The summed E-state index contributed by atoms with van der Waals surface area (Å²) >= 11 is 0. The highest BCUT2D eigenvalue weighted by molar-refractivity contribution is 5.24. The van der Waals surface area contributed by atoms with Crippen molar-refractivity contribution in [1.29, 1.82) is 0 Å². The number of benzene rings is 1. The van der Waals surface area contributed by atoms with Gasteiger partial charge in [0, 0.05) is 0 Å². The molecule has 1 aromatic rings. The predicted octanol–water partition coefficient (Wildman–Crippen LogP) is 3.19. The molecule has 0 amide bonds. The van der Waals surface area contributed by atoms with E-state index in [2.05, 4.69) is 43.0 Å². The van der Waals surface area contributed by atoms with Gasteiger partial charge in [-0.05, 0) is 50.9 Å². The van der Waals surface area contributed by atoms with Crippen molar-refractivity contribution in [2.24, 2.45) is 0 Å². The fourth-order valence-corrected chi connectivity index (χ4v) is 2.42. The lowest BCUT2D eigenvalue weighted by Gasteiger charge is -2.31. The Morgan fingerprint density at radius 1 is 1.13 bits per heavy atom. The van der Waals surface area contributed by atoms with Crippen molar-refractivity contribution >= 4 is 0 Å². The third kappa shape index (κ3) is 2.60. The molecule has 0 N–H and O–H groups in total. The summed E-state index contributed by atoms with van der Waals surface area (Å²) in [6.07, 6.45) is 2.66. The standard InChI is InChI=1S/C14H21N/c1-3-15-10-8-14(9-11-15)13-6-4-12(2)5-7-13/h4-7,14H,3,8-11H2,1-2H3. The summed E-state index contributed by atoms with van der Waals surface area (Å²) < 4.78 is 0. The summed E-state index contributed by atoms with van der Waals surface area (Å²) in [5.41, 5.74) is 2.90. The maximum atomic E-state index is 2.55. The average molecular weight is 203 g/mol. The molecule has 2 rings (SSSR count). The van der Waals surface area contributed by atoms with E-state index in [9.17, 15) is 0 Å². The summed E-state index contributed by atoms with van der Waals surface area (Å²) in [5.74, 6) is 0.799. The Morgan fingerprint density at radius 3 is 2.27 bits per heavy atom. The Hall–Kier alpha value is -0.820. The van der Waals surface area contributed by atoms with E-state index < -0.39 is 0 Å². The Labute approximate surface area is 93.1 Å². The van der Waals surface area contributed by atoms with E-state index >= 15 is 0 Å². The van der Waals surface area contributed by atoms with Crippen molar-refractivity contribution in [2.45, 2.75) is 32.6 Å². The molecule has 0 bridgehead atoms. The molecular formula is C14H21N. The summed E-state index contributed by atoms with van der Waals surface area (Å²) in [6.45, 7) is 8.17. The van der Waals surface area contributed by atoms with Gasteiger partial charge in [-0.2, -0.15) is 0 Å². The van der Waals surface area contributed by atoms with Crippen LogP contribution in [0.15, 0.2) is 24.3 Å². The van der Waals surface area contributed by atoms with Gasteiger partial charge < -0.3 is 4.90 Å². The topological polar surface area (TPSA) is 3.24 Å². The number of nitrogens with zero attached hydrogens (tertiary/aromatic N) is 1. The minimum atomic E-state index is 0.799. The Morgan fingerprint density at radius 2 is 1.73 bits per heavy atom. The highest BCUT2D eigenvalue weighted by Gasteiger charge is 2.18. The predicted molar refractivity (Wildman–Crippen MR) is 65.3 cm³/mol. The van der Waals surface area contributed by atoms with Crippen molar-refractivity contribution in [2.75, 3.05) is 19.6 Å². The molecule has 1 aromatic carbocycles. The Bertz CT molecular complexity index is 294. The normalized spacial score (nSPS) is 19.3. The van der Waals surface area contributed by atoms with Crippen LogP contribution in [-0.2, 0) is 0 Å². The molecule has 0 unspecified atom stereocenters. The maximum absolute atomic E-state index is 2.55. The van der Waals surface area contributed by atoms with E-state index in [1.165, 1.54) is 43.6 Å². The van der Waals surface area contributed by atoms with E-state index in [4.69, 9.17) is 0 Å². The molecule has 82 valence electrons. The number of aryl methyl sites for hydroxylation is 1. The zero-order valence-corrected chi connectivity index (χ0v) is 9.87. The summed E-state index contributed by atoms with van der Waals surface area (Å²) in [7, 11) is 0. The van der Waals surface area contributed by atoms with Crippen LogP contribution < -0.4 is 0 Å². The molecule has 0 aromatic heterocycles. The second-order valence-corrected chi connectivity index (χ2v) is 4.62. The zero-order valence-electron chi connectivity index (χ0n) is 9.87. The third-order valence-electron chi connectivity index (χ3n) is 3.58. The van der Waals surface area contributed by atoms with Gasteiger partial charge in [0.25, 0.3) is 0 Å². The number of likely N-dealkylation sites (tertiary alicyclic amines) is 1. The molecule has 0 radical (unpaired) electrons. The molecule has 15 heavy (non-hydrogen) atoms. The molecule has 0 aliphatic carbocycles. The second-order valence-electron chi connectivity index (χ2n) is 4.62. The molecule has 1 aliphatic rings. The van der Waals surface area contributed by atoms with Gasteiger partial charge in [-0.25, -0.2) is 0 Å². The monoisotopic (exact) mass is 203 g/mol. The van der Waals surface area contributed by atoms with Gasteiger partial charge in [0.15, 0.2) is 0 Å². The molecule has 1 fully saturated rings. The van der Waals surface area contributed by atoms with Gasteiger partial charge in [0.2, 0.25) is 0 Å². The molecule has 1 heterocycles. The molecule has 1 saturated heterocycles. The van der Waals surface area contributed by atoms with E-state index in [1.54, 1.807) is 0 Å².